The van der Waals surface area contributed by atoms with Gasteiger partial charge in [0.2, 0.25) is 5.95 Å². The van der Waals surface area contributed by atoms with E-state index >= 15 is 0 Å². The molecule has 0 aliphatic carbocycles. The highest BCUT2D eigenvalue weighted by Crippen LogP contribution is 2.37. The average Bonchev–Trinajstić information content (AvgIpc) is 3.10. The molecule has 1 aliphatic heterocycles. The molecule has 0 unspecified atom stereocenters. The lowest BCUT2D eigenvalue weighted by Crippen LogP contribution is -2.28. The molecule has 24 heavy (non-hydrogen) atoms. The maximum absolute atomic E-state index is 14.3. The number of tetrazole rings is 1. The summed E-state index contributed by atoms with van der Waals surface area (Å²) in [6.07, 6.45) is 1.69. The van der Waals surface area contributed by atoms with E-state index in [4.69, 9.17) is 0 Å². The van der Waals surface area contributed by atoms with Gasteiger partial charge in [0.05, 0.1) is 12.1 Å². The topological polar surface area (TPSA) is 55.6 Å². The summed E-state index contributed by atoms with van der Waals surface area (Å²) < 4.78 is 16.0. The van der Waals surface area contributed by atoms with Crippen LogP contribution in [0.3, 0.4) is 0 Å². The molecule has 5 nitrogen and oxygen atoms in total. The van der Waals surface area contributed by atoms with Gasteiger partial charge < -0.3 is 5.32 Å². The number of hydrogen-bond donors (Lipinski definition) is 1. The second-order valence-corrected chi connectivity index (χ2v) is 6.01. The molecular formula is C18H18FN5. The van der Waals surface area contributed by atoms with Crippen LogP contribution >= 0.6 is 0 Å². The molecule has 0 amide bonds. The number of aryl methyl sites for hydroxylation is 1. The Morgan fingerprint density at radius 3 is 2.71 bits per heavy atom. The first-order valence-electron chi connectivity index (χ1n) is 8.14. The normalized spacial score (nSPS) is 19.6. The van der Waals surface area contributed by atoms with Crippen molar-refractivity contribution in [2.24, 2.45) is 0 Å². The van der Waals surface area contributed by atoms with Gasteiger partial charge in [0.15, 0.2) is 0 Å². The minimum absolute atomic E-state index is 0.0408. The number of rotatable bonds is 3. The van der Waals surface area contributed by atoms with Crippen LogP contribution in [0.25, 0.3) is 0 Å². The number of halogens is 1. The lowest BCUT2D eigenvalue weighted by atomic mass is 9.92. The van der Waals surface area contributed by atoms with Gasteiger partial charge in [-0.15, -0.1) is 0 Å². The van der Waals surface area contributed by atoms with E-state index in [0.29, 0.717) is 17.9 Å². The van der Waals surface area contributed by atoms with Crippen molar-refractivity contribution in [3.8, 4) is 0 Å². The highest BCUT2D eigenvalue weighted by Gasteiger charge is 2.31. The second-order valence-electron chi connectivity index (χ2n) is 6.01. The van der Waals surface area contributed by atoms with Gasteiger partial charge >= 0.3 is 0 Å². The highest BCUT2D eigenvalue weighted by atomic mass is 19.1. The molecule has 0 saturated heterocycles. The van der Waals surface area contributed by atoms with Gasteiger partial charge in [-0.1, -0.05) is 54.5 Å². The molecule has 122 valence electrons. The third kappa shape index (κ3) is 2.54. The molecule has 0 saturated carbocycles. The summed E-state index contributed by atoms with van der Waals surface area (Å²) in [5, 5.41) is 15.2. The summed E-state index contributed by atoms with van der Waals surface area (Å²) in [4.78, 5) is 0. The number of nitrogens with zero attached hydrogens (tertiary/aromatic N) is 4. The van der Waals surface area contributed by atoms with Gasteiger partial charge in [-0.05, 0) is 40.5 Å². The van der Waals surface area contributed by atoms with Crippen molar-refractivity contribution in [1.29, 1.82) is 0 Å². The maximum Gasteiger partial charge on any atom is 0.243 e. The Balaban J connectivity index is 1.72. The quantitative estimate of drug-likeness (QED) is 0.801. The van der Waals surface area contributed by atoms with Crippen LogP contribution < -0.4 is 5.32 Å². The molecule has 0 fully saturated rings. The third-order valence-corrected chi connectivity index (χ3v) is 4.60. The fraction of sp³-hybridized carbons (Fsp3) is 0.278. The second kappa shape index (κ2) is 6.03. The summed E-state index contributed by atoms with van der Waals surface area (Å²) in [5.74, 6) is 0.338. The molecule has 0 spiro atoms. The van der Waals surface area contributed by atoms with Crippen molar-refractivity contribution in [3.63, 3.8) is 0 Å². The Morgan fingerprint density at radius 1 is 1.17 bits per heavy atom. The Kier molecular flexibility index (Phi) is 3.72. The number of fused-ring (bicyclic) bond motifs is 1. The molecule has 6 heteroatoms. The van der Waals surface area contributed by atoms with Crippen LogP contribution in [0, 0.1) is 5.82 Å². The SMILES string of the molecule is CCc1ccc([C@H]2C[C@H](c3ccccc3F)n3nnnc3N2)cc1. The van der Waals surface area contributed by atoms with Crippen LogP contribution in [0.2, 0.25) is 0 Å². The molecule has 2 atom stereocenters. The van der Waals surface area contributed by atoms with Crippen molar-refractivity contribution in [2.75, 3.05) is 5.32 Å². The first-order valence-corrected chi connectivity index (χ1v) is 8.14. The van der Waals surface area contributed by atoms with Crippen LogP contribution in [-0.2, 0) is 6.42 Å². The van der Waals surface area contributed by atoms with Crippen molar-refractivity contribution in [1.82, 2.24) is 20.2 Å². The molecular weight excluding hydrogens is 305 g/mol. The van der Waals surface area contributed by atoms with Crippen molar-refractivity contribution in [3.05, 3.63) is 71.0 Å². The predicted molar refractivity (Wildman–Crippen MR) is 89.2 cm³/mol. The van der Waals surface area contributed by atoms with Gasteiger partial charge in [0, 0.05) is 5.56 Å². The zero-order valence-electron chi connectivity index (χ0n) is 13.4. The molecule has 1 aromatic heterocycles. The fourth-order valence-electron chi connectivity index (χ4n) is 3.25. The molecule has 1 N–H and O–H groups in total. The Bertz CT molecular complexity index is 843. The minimum Gasteiger partial charge on any atom is -0.346 e. The standard InChI is InChI=1S/C18H18FN5/c1-2-12-7-9-13(10-8-12)16-11-17(14-5-3-4-6-15(14)19)24-18(20-16)21-22-23-24/h3-10,16-17H,2,11H2,1H3,(H,20,21,23)/t16-,17-/m1/s1. The van der Waals surface area contributed by atoms with E-state index in [-0.39, 0.29) is 17.9 Å². The molecule has 0 bridgehead atoms. The average molecular weight is 323 g/mol. The van der Waals surface area contributed by atoms with Crippen molar-refractivity contribution >= 4 is 5.95 Å². The van der Waals surface area contributed by atoms with Gasteiger partial charge in [-0.25, -0.2) is 9.07 Å². The summed E-state index contributed by atoms with van der Waals surface area (Å²) in [6.45, 7) is 2.14. The number of nitrogens with one attached hydrogen (secondary N) is 1. The van der Waals surface area contributed by atoms with E-state index in [1.165, 1.54) is 11.6 Å². The first-order chi connectivity index (χ1) is 11.8. The molecule has 1 aliphatic rings. The smallest absolute Gasteiger partial charge is 0.243 e. The Hall–Kier alpha value is -2.76. The van der Waals surface area contributed by atoms with E-state index in [0.717, 1.165) is 12.0 Å². The summed E-state index contributed by atoms with van der Waals surface area (Å²) in [6, 6.07) is 15.1. The Labute approximate surface area is 139 Å². The number of anilines is 1. The maximum atomic E-state index is 14.3. The summed E-state index contributed by atoms with van der Waals surface area (Å²) in [7, 11) is 0. The van der Waals surface area contributed by atoms with Crippen molar-refractivity contribution < 1.29 is 4.39 Å². The largest absolute Gasteiger partial charge is 0.346 e. The number of benzene rings is 2. The minimum atomic E-state index is -0.231. The van der Waals surface area contributed by atoms with Gasteiger partial charge in [0.1, 0.15) is 5.82 Å². The van der Waals surface area contributed by atoms with Gasteiger partial charge in [0.25, 0.3) is 0 Å². The molecule has 3 aromatic rings. The summed E-state index contributed by atoms with van der Waals surface area (Å²) >= 11 is 0. The van der Waals surface area contributed by atoms with E-state index in [1.54, 1.807) is 16.8 Å². The number of aromatic nitrogens is 4. The van der Waals surface area contributed by atoms with Crippen LogP contribution in [0.4, 0.5) is 10.3 Å². The number of hydrogen-bond acceptors (Lipinski definition) is 4. The molecule has 0 radical (unpaired) electrons. The Morgan fingerprint density at radius 2 is 1.96 bits per heavy atom. The van der Waals surface area contributed by atoms with E-state index in [1.807, 2.05) is 6.07 Å². The van der Waals surface area contributed by atoms with E-state index in [9.17, 15) is 4.39 Å². The predicted octanol–water partition coefficient (Wildman–Crippen LogP) is 3.52. The highest BCUT2D eigenvalue weighted by molar-refractivity contribution is 5.38. The monoisotopic (exact) mass is 323 g/mol. The van der Waals surface area contributed by atoms with E-state index in [2.05, 4.69) is 52.0 Å². The van der Waals surface area contributed by atoms with Crippen LogP contribution in [0.5, 0.6) is 0 Å². The lowest BCUT2D eigenvalue weighted by molar-refractivity contribution is 0.409. The van der Waals surface area contributed by atoms with Gasteiger partial charge in [-0.2, -0.15) is 0 Å². The molecule has 2 aromatic carbocycles. The zero-order chi connectivity index (χ0) is 16.5. The third-order valence-electron chi connectivity index (χ3n) is 4.60. The van der Waals surface area contributed by atoms with Crippen molar-refractivity contribution in [2.45, 2.75) is 31.8 Å². The molecule has 4 rings (SSSR count). The zero-order valence-corrected chi connectivity index (χ0v) is 13.4. The lowest BCUT2D eigenvalue weighted by Gasteiger charge is -2.31. The van der Waals surface area contributed by atoms with Crippen LogP contribution in [-0.4, -0.2) is 20.2 Å². The molecule has 2 heterocycles. The van der Waals surface area contributed by atoms with Gasteiger partial charge in [-0.3, -0.25) is 0 Å². The summed E-state index contributed by atoms with van der Waals surface area (Å²) in [5.41, 5.74) is 3.07. The fourth-order valence-corrected chi connectivity index (χ4v) is 3.25. The van der Waals surface area contributed by atoms with Crippen LogP contribution in [0.1, 0.15) is 42.1 Å². The van der Waals surface area contributed by atoms with Crippen LogP contribution in [0.15, 0.2) is 48.5 Å². The van der Waals surface area contributed by atoms with E-state index < -0.39 is 0 Å². The first kappa shape index (κ1) is 14.8.